The lowest BCUT2D eigenvalue weighted by atomic mass is 9.97. The Balaban J connectivity index is 2.18. The molecule has 1 aliphatic rings. The average molecular weight is 544 g/mol. The highest BCUT2D eigenvalue weighted by molar-refractivity contribution is 7.81. The molecular weight excluding hydrogens is 510 g/mol. The number of carbonyl (C=O) groups excluding carboxylic acids is 4. The SMILES string of the molecule is NCC(=O)N[C@@H](CO[C@H]1O[C@H](CO)[C@@H](O)[C@H](O)[C@H]1NC(=O)CS)C(=O)N[C@H](Cc1ccccc1)C(N)=O. The second-order valence-electron chi connectivity index (χ2n) is 8.27. The predicted molar refractivity (Wildman–Crippen MR) is 132 cm³/mol. The maximum Gasteiger partial charge on any atom is 0.245 e. The molecule has 14 nitrogen and oxygen atoms in total. The molecule has 1 aromatic rings. The number of amides is 4. The minimum atomic E-state index is -1.60. The lowest BCUT2D eigenvalue weighted by Crippen LogP contribution is -2.65. The molecule has 206 valence electrons. The zero-order valence-electron chi connectivity index (χ0n) is 19.9. The fourth-order valence-corrected chi connectivity index (χ4v) is 3.67. The third-order valence-electron chi connectivity index (χ3n) is 5.56. The van der Waals surface area contributed by atoms with Gasteiger partial charge in [-0.1, -0.05) is 30.3 Å². The van der Waals surface area contributed by atoms with E-state index in [1.165, 1.54) is 0 Å². The maximum atomic E-state index is 13.0. The highest BCUT2D eigenvalue weighted by atomic mass is 32.1. The molecule has 1 aromatic carbocycles. The first-order valence-electron chi connectivity index (χ1n) is 11.4. The van der Waals surface area contributed by atoms with Gasteiger partial charge in [0.1, 0.15) is 36.4 Å². The van der Waals surface area contributed by atoms with E-state index >= 15 is 0 Å². The van der Waals surface area contributed by atoms with Crippen LogP contribution in [0.15, 0.2) is 30.3 Å². The van der Waals surface area contributed by atoms with Gasteiger partial charge in [-0.05, 0) is 5.56 Å². The number of aliphatic hydroxyl groups is 3. The summed E-state index contributed by atoms with van der Waals surface area (Å²) in [6.45, 7) is -1.70. The normalized spacial score (nSPS) is 24.9. The van der Waals surface area contributed by atoms with Crippen LogP contribution in [-0.4, -0.2) is 107 Å². The van der Waals surface area contributed by atoms with E-state index in [0.29, 0.717) is 0 Å². The monoisotopic (exact) mass is 543 g/mol. The molecule has 7 atom stereocenters. The molecule has 0 aliphatic carbocycles. The lowest BCUT2D eigenvalue weighted by molar-refractivity contribution is -0.270. The molecule has 0 radical (unpaired) electrons. The maximum absolute atomic E-state index is 13.0. The molecule has 0 unspecified atom stereocenters. The van der Waals surface area contributed by atoms with E-state index in [4.69, 9.17) is 20.9 Å². The summed E-state index contributed by atoms with van der Waals surface area (Å²) in [6, 6.07) is 4.98. The Bertz CT molecular complexity index is 925. The van der Waals surface area contributed by atoms with Crippen molar-refractivity contribution in [2.45, 2.75) is 49.1 Å². The number of hydrogen-bond acceptors (Lipinski definition) is 11. The zero-order chi connectivity index (χ0) is 27.5. The molecule has 0 aromatic heterocycles. The van der Waals surface area contributed by atoms with Crippen molar-refractivity contribution in [1.29, 1.82) is 0 Å². The Labute approximate surface area is 218 Å². The number of nitrogens with one attached hydrogen (secondary N) is 3. The molecule has 2 rings (SSSR count). The van der Waals surface area contributed by atoms with Crippen molar-refractivity contribution in [3.8, 4) is 0 Å². The van der Waals surface area contributed by atoms with E-state index in [-0.39, 0.29) is 12.2 Å². The summed E-state index contributed by atoms with van der Waals surface area (Å²) < 4.78 is 11.1. The summed E-state index contributed by atoms with van der Waals surface area (Å²) in [5.74, 6) is -3.21. The number of benzene rings is 1. The summed E-state index contributed by atoms with van der Waals surface area (Å²) in [7, 11) is 0. The van der Waals surface area contributed by atoms with Crippen molar-refractivity contribution in [1.82, 2.24) is 16.0 Å². The van der Waals surface area contributed by atoms with Crippen LogP contribution in [0.2, 0.25) is 0 Å². The van der Waals surface area contributed by atoms with E-state index in [0.717, 1.165) is 5.56 Å². The van der Waals surface area contributed by atoms with Gasteiger partial charge in [-0.3, -0.25) is 19.2 Å². The van der Waals surface area contributed by atoms with E-state index in [9.17, 15) is 34.5 Å². The van der Waals surface area contributed by atoms with E-state index in [1.807, 2.05) is 0 Å². The van der Waals surface area contributed by atoms with Crippen molar-refractivity contribution >= 4 is 36.3 Å². The number of rotatable bonds is 13. The largest absolute Gasteiger partial charge is 0.394 e. The second-order valence-corrected chi connectivity index (χ2v) is 8.59. The third-order valence-corrected chi connectivity index (χ3v) is 5.85. The summed E-state index contributed by atoms with van der Waals surface area (Å²) in [5, 5.41) is 37.3. The fraction of sp³-hybridized carbons (Fsp3) is 0.545. The number of primary amides is 1. The van der Waals surface area contributed by atoms with Gasteiger partial charge in [-0.25, -0.2) is 0 Å². The summed E-state index contributed by atoms with van der Waals surface area (Å²) in [6.07, 6.45) is -5.77. The average Bonchev–Trinajstić information content (AvgIpc) is 2.89. The Kier molecular flexibility index (Phi) is 12.2. The van der Waals surface area contributed by atoms with Crippen LogP contribution >= 0.6 is 12.6 Å². The second kappa shape index (κ2) is 14.8. The zero-order valence-corrected chi connectivity index (χ0v) is 20.8. The van der Waals surface area contributed by atoms with Crippen molar-refractivity contribution in [3.63, 3.8) is 0 Å². The molecule has 0 bridgehead atoms. The predicted octanol–water partition coefficient (Wildman–Crippen LogP) is -4.49. The van der Waals surface area contributed by atoms with Crippen molar-refractivity contribution in [3.05, 3.63) is 35.9 Å². The molecule has 37 heavy (non-hydrogen) atoms. The van der Waals surface area contributed by atoms with Crippen LogP contribution in [0.3, 0.4) is 0 Å². The number of hydrogen-bond donors (Lipinski definition) is 9. The standard InChI is InChI=1S/C22H33N5O9S/c23-7-15(29)25-13(21(34)26-12(20(24)33)6-11-4-2-1-3-5-11)9-35-22-17(27-16(30)10-37)19(32)18(31)14(8-28)36-22/h1-5,12-14,17-19,22,28,31-32,37H,6-10,23H2,(H2,24,33)(H,25,29)(H,26,34)(H,27,30)/t12-,13+,14-,17-,18-,19-,22+/m1/s1. The highest BCUT2D eigenvalue weighted by Gasteiger charge is 2.46. The summed E-state index contributed by atoms with van der Waals surface area (Å²) in [4.78, 5) is 48.8. The van der Waals surface area contributed by atoms with E-state index < -0.39 is 86.1 Å². The van der Waals surface area contributed by atoms with Gasteiger partial charge in [0.25, 0.3) is 0 Å². The highest BCUT2D eigenvalue weighted by Crippen LogP contribution is 2.22. The molecule has 1 aliphatic heterocycles. The summed E-state index contributed by atoms with van der Waals surface area (Å²) in [5.41, 5.74) is 11.5. The van der Waals surface area contributed by atoms with Crippen LogP contribution in [0.1, 0.15) is 5.56 Å². The first kappa shape index (κ1) is 30.4. The number of thiol groups is 1. The van der Waals surface area contributed by atoms with Gasteiger partial charge in [-0.2, -0.15) is 12.6 Å². The third kappa shape index (κ3) is 8.92. The molecule has 15 heteroatoms. The molecule has 4 amide bonds. The Hall–Kier alpha value is -2.79. The molecule has 1 heterocycles. The van der Waals surface area contributed by atoms with Crippen LogP contribution in [0.5, 0.6) is 0 Å². The van der Waals surface area contributed by atoms with Crippen LogP contribution in [0.25, 0.3) is 0 Å². The minimum Gasteiger partial charge on any atom is -0.394 e. The fourth-order valence-electron chi connectivity index (χ4n) is 3.58. The molecule has 1 saturated heterocycles. The van der Waals surface area contributed by atoms with Gasteiger partial charge in [0.05, 0.1) is 25.5 Å². The number of carbonyl (C=O) groups is 4. The molecule has 0 spiro atoms. The van der Waals surface area contributed by atoms with Gasteiger partial charge in [0, 0.05) is 6.42 Å². The van der Waals surface area contributed by atoms with Crippen LogP contribution < -0.4 is 27.4 Å². The molecule has 0 saturated carbocycles. The Morgan fingerprint density at radius 3 is 2.30 bits per heavy atom. The first-order valence-corrected chi connectivity index (χ1v) is 12.0. The van der Waals surface area contributed by atoms with Crippen molar-refractivity contribution < 1.29 is 44.0 Å². The van der Waals surface area contributed by atoms with Crippen LogP contribution in [0.4, 0.5) is 0 Å². The van der Waals surface area contributed by atoms with Gasteiger partial charge in [0.15, 0.2) is 6.29 Å². The number of ether oxygens (including phenoxy) is 2. The van der Waals surface area contributed by atoms with Crippen molar-refractivity contribution in [2.75, 3.05) is 25.5 Å². The minimum absolute atomic E-state index is 0.0894. The lowest BCUT2D eigenvalue weighted by Gasteiger charge is -2.42. The Morgan fingerprint density at radius 1 is 1.05 bits per heavy atom. The van der Waals surface area contributed by atoms with E-state index in [2.05, 4.69) is 28.6 Å². The van der Waals surface area contributed by atoms with Crippen LogP contribution in [-0.2, 0) is 35.1 Å². The topological polar surface area (TPSA) is 236 Å². The van der Waals surface area contributed by atoms with Gasteiger partial charge < -0.3 is 52.2 Å². The smallest absolute Gasteiger partial charge is 0.245 e. The Morgan fingerprint density at radius 2 is 1.73 bits per heavy atom. The van der Waals surface area contributed by atoms with Crippen molar-refractivity contribution in [2.24, 2.45) is 11.5 Å². The van der Waals surface area contributed by atoms with Gasteiger partial charge >= 0.3 is 0 Å². The van der Waals surface area contributed by atoms with Crippen LogP contribution in [0, 0.1) is 0 Å². The summed E-state index contributed by atoms with van der Waals surface area (Å²) >= 11 is 3.85. The molecule has 10 N–H and O–H groups in total. The van der Waals surface area contributed by atoms with E-state index in [1.54, 1.807) is 30.3 Å². The van der Waals surface area contributed by atoms with Gasteiger partial charge in [-0.15, -0.1) is 0 Å². The molecular formula is C22H33N5O9S. The first-order chi connectivity index (χ1) is 17.6. The number of nitrogens with two attached hydrogens (primary N) is 2. The van der Waals surface area contributed by atoms with Gasteiger partial charge in [0.2, 0.25) is 23.6 Å². The number of aliphatic hydroxyl groups excluding tert-OH is 3. The quantitative estimate of drug-likeness (QED) is 0.108. The molecule has 1 fully saturated rings.